The van der Waals surface area contributed by atoms with Gasteiger partial charge in [0.1, 0.15) is 17.5 Å². The molecule has 2 aromatic rings. The molecule has 2 fully saturated rings. The van der Waals surface area contributed by atoms with E-state index in [2.05, 4.69) is 39.3 Å². The van der Waals surface area contributed by atoms with Crippen molar-refractivity contribution in [3.05, 3.63) is 77.8 Å². The number of ether oxygens (including phenoxy) is 2. The number of nitrogens with one attached hydrogen (secondary N) is 1. The van der Waals surface area contributed by atoms with Gasteiger partial charge in [-0.15, -0.1) is 0 Å². The van der Waals surface area contributed by atoms with Crippen LogP contribution in [-0.4, -0.2) is 91.1 Å². The standard InChI is InChI=1S/C33H39N7O3/c1-33(37-32(41)25-6-3-2-4-7-25)10-13-39(14-11-33)30-9-8-26(22-35-30)29-20-28(24-40-31(29)27(21-34)23-36-40)43-17-5-12-38-15-18-42-19-16-38/h2-4,6-9,20,22-24,27,31H,5,10-19H2,1H3,(H,37,41). The van der Waals surface area contributed by atoms with Gasteiger partial charge in [-0.25, -0.2) is 4.98 Å². The van der Waals surface area contributed by atoms with Gasteiger partial charge in [0.05, 0.1) is 38.1 Å². The van der Waals surface area contributed by atoms with E-state index in [1.54, 1.807) is 6.21 Å². The van der Waals surface area contributed by atoms with Crippen LogP contribution in [0.4, 0.5) is 5.82 Å². The highest BCUT2D eigenvalue weighted by Gasteiger charge is 2.37. The number of anilines is 1. The largest absolute Gasteiger partial charge is 0.492 e. The zero-order chi connectivity index (χ0) is 29.6. The molecule has 2 atom stereocenters. The first-order valence-electron chi connectivity index (χ1n) is 15.2. The Labute approximate surface area is 253 Å². The molecule has 0 aliphatic carbocycles. The Morgan fingerprint density at radius 3 is 2.65 bits per heavy atom. The molecule has 1 N–H and O–H groups in total. The first-order chi connectivity index (χ1) is 21.0. The molecule has 0 bridgehead atoms. The van der Waals surface area contributed by atoms with E-state index in [1.807, 2.05) is 59.9 Å². The number of piperidine rings is 1. The van der Waals surface area contributed by atoms with Crippen LogP contribution in [0, 0.1) is 17.2 Å². The minimum atomic E-state index is -0.351. The third-order valence-corrected chi connectivity index (χ3v) is 8.73. The zero-order valence-electron chi connectivity index (χ0n) is 24.7. The summed E-state index contributed by atoms with van der Waals surface area (Å²) >= 11 is 0. The van der Waals surface area contributed by atoms with Crippen molar-refractivity contribution >= 4 is 23.5 Å². The number of hydrogen-bond acceptors (Lipinski definition) is 9. The molecule has 224 valence electrons. The second kappa shape index (κ2) is 13.0. The molecule has 4 aliphatic rings. The summed E-state index contributed by atoms with van der Waals surface area (Å²) in [5.41, 5.74) is 2.34. The number of aromatic nitrogens is 1. The molecule has 10 nitrogen and oxygen atoms in total. The smallest absolute Gasteiger partial charge is 0.251 e. The molecular weight excluding hydrogens is 542 g/mol. The van der Waals surface area contributed by atoms with Gasteiger partial charge in [-0.05, 0) is 67.7 Å². The molecule has 0 radical (unpaired) electrons. The fourth-order valence-electron chi connectivity index (χ4n) is 6.10. The predicted octanol–water partition coefficient (Wildman–Crippen LogP) is 3.66. The Morgan fingerprint density at radius 1 is 1.14 bits per heavy atom. The second-order valence-corrected chi connectivity index (χ2v) is 11.8. The Balaban J connectivity index is 1.08. The minimum Gasteiger partial charge on any atom is -0.492 e. The van der Waals surface area contributed by atoms with E-state index in [0.29, 0.717) is 12.2 Å². The fourth-order valence-corrected chi connectivity index (χ4v) is 6.10. The van der Waals surface area contributed by atoms with Gasteiger partial charge in [0.25, 0.3) is 5.91 Å². The van der Waals surface area contributed by atoms with Crippen molar-refractivity contribution < 1.29 is 14.3 Å². The van der Waals surface area contributed by atoms with Gasteiger partial charge >= 0.3 is 0 Å². The topological polar surface area (TPSA) is 106 Å². The van der Waals surface area contributed by atoms with Crippen LogP contribution in [-0.2, 0) is 9.47 Å². The molecule has 5 heterocycles. The number of nitriles is 1. The molecule has 1 aromatic carbocycles. The second-order valence-electron chi connectivity index (χ2n) is 11.8. The molecule has 6 rings (SSSR count). The lowest BCUT2D eigenvalue weighted by Gasteiger charge is -2.40. The number of amides is 1. The van der Waals surface area contributed by atoms with Crippen LogP contribution in [0.25, 0.3) is 5.57 Å². The van der Waals surface area contributed by atoms with Crippen LogP contribution in [0.2, 0.25) is 0 Å². The molecule has 1 amide bonds. The zero-order valence-corrected chi connectivity index (χ0v) is 24.7. The highest BCUT2D eigenvalue weighted by molar-refractivity contribution is 5.94. The van der Waals surface area contributed by atoms with E-state index in [-0.39, 0.29) is 23.4 Å². The molecule has 0 spiro atoms. The summed E-state index contributed by atoms with van der Waals surface area (Å²) in [6.45, 7) is 8.83. The van der Waals surface area contributed by atoms with Crippen molar-refractivity contribution in [3.8, 4) is 6.07 Å². The number of carbonyl (C=O) groups excluding carboxylic acids is 1. The summed E-state index contributed by atoms with van der Waals surface area (Å²) in [4.78, 5) is 22.2. The quantitative estimate of drug-likeness (QED) is 0.448. The summed E-state index contributed by atoms with van der Waals surface area (Å²) < 4.78 is 11.6. The predicted molar refractivity (Wildman–Crippen MR) is 165 cm³/mol. The van der Waals surface area contributed by atoms with Crippen molar-refractivity contribution in [1.29, 1.82) is 5.26 Å². The van der Waals surface area contributed by atoms with Gasteiger partial charge in [0.15, 0.2) is 0 Å². The maximum absolute atomic E-state index is 12.7. The number of morpholine rings is 1. The lowest BCUT2D eigenvalue weighted by molar-refractivity contribution is 0.0345. The van der Waals surface area contributed by atoms with Crippen LogP contribution in [0.15, 0.2) is 71.8 Å². The van der Waals surface area contributed by atoms with E-state index in [4.69, 9.17) is 14.5 Å². The molecule has 2 saturated heterocycles. The highest BCUT2D eigenvalue weighted by Crippen LogP contribution is 2.36. The Morgan fingerprint density at radius 2 is 1.93 bits per heavy atom. The van der Waals surface area contributed by atoms with E-state index in [9.17, 15) is 10.1 Å². The number of nitrogens with zero attached hydrogens (tertiary/aromatic N) is 6. The van der Waals surface area contributed by atoms with Crippen molar-refractivity contribution in [2.45, 2.75) is 37.8 Å². The van der Waals surface area contributed by atoms with Crippen molar-refractivity contribution in [1.82, 2.24) is 20.2 Å². The SMILES string of the molecule is CC1(NC(=O)c2ccccc2)CCN(c2ccc(C3=CC(OCCCN4CCOCC4)=CN4N=CC(C#N)C34)cn2)CC1. The maximum atomic E-state index is 12.7. The molecule has 43 heavy (non-hydrogen) atoms. The summed E-state index contributed by atoms with van der Waals surface area (Å²) in [6, 6.07) is 15.7. The molecule has 2 unspecified atom stereocenters. The van der Waals surface area contributed by atoms with Gasteiger partial charge in [-0.2, -0.15) is 10.4 Å². The maximum Gasteiger partial charge on any atom is 0.251 e. The van der Waals surface area contributed by atoms with E-state index < -0.39 is 0 Å². The number of benzene rings is 1. The van der Waals surface area contributed by atoms with Gasteiger partial charge in [-0.3, -0.25) is 14.7 Å². The average Bonchev–Trinajstić information content (AvgIpc) is 3.47. The van der Waals surface area contributed by atoms with Crippen LogP contribution >= 0.6 is 0 Å². The first kappa shape index (κ1) is 28.9. The number of hydrazone groups is 1. The van der Waals surface area contributed by atoms with Crippen LogP contribution in [0.5, 0.6) is 0 Å². The summed E-state index contributed by atoms with van der Waals surface area (Å²) in [6.07, 6.45) is 10.1. The normalized spacial score (nSPS) is 23.2. The molecular formula is C33H39N7O3. The molecule has 10 heteroatoms. The van der Waals surface area contributed by atoms with Gasteiger partial charge in [0, 0.05) is 56.2 Å². The number of pyridine rings is 1. The number of hydrogen-bond donors (Lipinski definition) is 1. The summed E-state index contributed by atoms with van der Waals surface area (Å²) in [5, 5.41) is 19.4. The van der Waals surface area contributed by atoms with Crippen LogP contribution in [0.3, 0.4) is 0 Å². The van der Waals surface area contributed by atoms with Crippen LogP contribution in [0.1, 0.15) is 42.1 Å². The monoisotopic (exact) mass is 581 g/mol. The molecule has 4 aliphatic heterocycles. The van der Waals surface area contributed by atoms with Crippen molar-refractivity contribution in [3.63, 3.8) is 0 Å². The summed E-state index contributed by atoms with van der Waals surface area (Å²) in [5.74, 6) is 1.26. The lowest BCUT2D eigenvalue weighted by Crippen LogP contribution is -2.53. The van der Waals surface area contributed by atoms with Gasteiger partial charge in [-0.1, -0.05) is 18.2 Å². The van der Waals surface area contributed by atoms with Crippen molar-refractivity contribution in [2.24, 2.45) is 11.0 Å². The van der Waals surface area contributed by atoms with E-state index in [1.165, 1.54) is 0 Å². The van der Waals surface area contributed by atoms with Gasteiger partial charge in [0.2, 0.25) is 0 Å². The highest BCUT2D eigenvalue weighted by atomic mass is 16.5. The Hall–Kier alpha value is -4.20. The Bertz CT molecular complexity index is 1400. The number of allylic oxidation sites excluding steroid dienone is 1. The molecule has 0 saturated carbocycles. The third kappa shape index (κ3) is 6.74. The van der Waals surface area contributed by atoms with Crippen molar-refractivity contribution in [2.75, 3.05) is 57.4 Å². The number of carbonyl (C=O) groups is 1. The Kier molecular flexibility index (Phi) is 8.72. The van der Waals surface area contributed by atoms with E-state index in [0.717, 1.165) is 87.9 Å². The van der Waals surface area contributed by atoms with Gasteiger partial charge < -0.3 is 19.7 Å². The lowest BCUT2D eigenvalue weighted by atomic mass is 9.88. The van der Waals surface area contributed by atoms with E-state index >= 15 is 0 Å². The average molecular weight is 582 g/mol. The fraction of sp³-hybridized carbons (Fsp3) is 0.455. The van der Waals surface area contributed by atoms with Crippen LogP contribution < -0.4 is 10.2 Å². The third-order valence-electron chi connectivity index (χ3n) is 8.73. The minimum absolute atomic E-state index is 0.0325. The number of rotatable bonds is 9. The number of fused-ring (bicyclic) bond motifs is 1. The molecule has 1 aromatic heterocycles. The summed E-state index contributed by atoms with van der Waals surface area (Å²) in [7, 11) is 0. The first-order valence-corrected chi connectivity index (χ1v) is 15.2.